The molecule has 3 fully saturated rings. The second kappa shape index (κ2) is 25.4. The Bertz CT molecular complexity index is 411. The van der Waals surface area contributed by atoms with E-state index in [4.69, 9.17) is 0 Å². The van der Waals surface area contributed by atoms with Crippen LogP contribution in [0.4, 0.5) is 0 Å². The fraction of sp³-hybridized carbons (Fsp3) is 0.943. The predicted molar refractivity (Wildman–Crippen MR) is 165 cm³/mol. The maximum Gasteiger partial charge on any atom is -0.0388 e. The van der Waals surface area contributed by atoms with Crippen LogP contribution in [0.2, 0.25) is 0 Å². The van der Waals surface area contributed by atoms with Gasteiger partial charge in [0.25, 0.3) is 0 Å². The Labute approximate surface area is 225 Å². The van der Waals surface area contributed by atoms with Gasteiger partial charge in [-0.05, 0) is 80.5 Å². The van der Waals surface area contributed by atoms with Gasteiger partial charge < -0.3 is 0 Å². The van der Waals surface area contributed by atoms with Crippen molar-refractivity contribution in [3.8, 4) is 0 Å². The van der Waals surface area contributed by atoms with Gasteiger partial charge in [0, 0.05) is 0 Å². The van der Waals surface area contributed by atoms with E-state index in [1.165, 1.54) is 103 Å². The summed E-state index contributed by atoms with van der Waals surface area (Å²) in [5.41, 5.74) is 0. The molecule has 0 nitrogen and oxygen atoms in total. The molecule has 0 amide bonds. The number of unbranched alkanes of at least 4 members (excludes halogenated alkanes) is 1. The largest absolute Gasteiger partial charge is 0.103 e. The van der Waals surface area contributed by atoms with E-state index < -0.39 is 0 Å². The van der Waals surface area contributed by atoms with Crippen LogP contribution in [0.25, 0.3) is 0 Å². The number of hydrogen-bond acceptors (Lipinski definition) is 0. The van der Waals surface area contributed by atoms with E-state index in [9.17, 15) is 0 Å². The fourth-order valence-corrected chi connectivity index (χ4v) is 6.11. The van der Waals surface area contributed by atoms with Crippen molar-refractivity contribution < 1.29 is 0 Å². The normalized spacial score (nSPS) is 28.2. The molecule has 3 rings (SSSR count). The molecule has 3 aliphatic carbocycles. The molecule has 0 radical (unpaired) electrons. The van der Waals surface area contributed by atoms with Gasteiger partial charge in [-0.3, -0.25) is 0 Å². The van der Waals surface area contributed by atoms with E-state index in [1.54, 1.807) is 6.08 Å². The highest BCUT2D eigenvalue weighted by molar-refractivity contribution is 4.78. The summed E-state index contributed by atoms with van der Waals surface area (Å²) in [6.45, 7) is 26.0. The Balaban J connectivity index is 0. The van der Waals surface area contributed by atoms with Gasteiger partial charge in [0.2, 0.25) is 0 Å². The van der Waals surface area contributed by atoms with E-state index in [2.05, 4.69) is 55.0 Å². The highest BCUT2D eigenvalue weighted by atomic mass is 14.3. The fourth-order valence-electron chi connectivity index (χ4n) is 6.11. The molecule has 0 aromatic heterocycles. The topological polar surface area (TPSA) is 0 Å². The van der Waals surface area contributed by atoms with Crippen LogP contribution >= 0.6 is 0 Å². The van der Waals surface area contributed by atoms with Gasteiger partial charge in [0.15, 0.2) is 0 Å². The minimum absolute atomic E-state index is 0.976. The molecule has 3 saturated carbocycles. The summed E-state index contributed by atoms with van der Waals surface area (Å²) < 4.78 is 0. The summed E-state index contributed by atoms with van der Waals surface area (Å²) in [7, 11) is 0. The lowest BCUT2D eigenvalue weighted by Gasteiger charge is -2.33. The summed E-state index contributed by atoms with van der Waals surface area (Å²) >= 11 is 0. The van der Waals surface area contributed by atoms with Gasteiger partial charge in [-0.1, -0.05) is 139 Å². The molecule has 0 aliphatic heterocycles. The third-order valence-corrected chi connectivity index (χ3v) is 8.68. The molecule has 0 heteroatoms. The zero-order valence-electron chi connectivity index (χ0n) is 26.6. The Morgan fingerprint density at radius 3 is 1.71 bits per heavy atom. The molecule has 0 bridgehead atoms. The standard InChI is InChI=1S/C18H36.C9H18.2C3H6.C2H6/c1-5-8-9-17(7-3)14-15(4)18-12-10-16(6-2)11-13-18;1-4-9-6-7(2)5-8(9)3;1-2-3-1;1-3-2;1-2/h15-18H,5-14H2,1-4H3;7-9H,4-6H2,1-3H3;1-3H2;3H,1H2,2H3;1-2H3. The van der Waals surface area contributed by atoms with Gasteiger partial charge in [-0.15, -0.1) is 6.58 Å². The van der Waals surface area contributed by atoms with Crippen molar-refractivity contribution in [3.05, 3.63) is 12.7 Å². The second-order valence-corrected chi connectivity index (χ2v) is 12.0. The molecular formula is C35H72. The summed E-state index contributed by atoms with van der Waals surface area (Å²) in [6, 6.07) is 0. The second-order valence-electron chi connectivity index (χ2n) is 12.0. The third-order valence-electron chi connectivity index (χ3n) is 8.68. The highest BCUT2D eigenvalue weighted by Gasteiger charge is 2.27. The van der Waals surface area contributed by atoms with E-state index >= 15 is 0 Å². The molecule has 0 aromatic rings. The number of rotatable bonds is 9. The maximum absolute atomic E-state index is 3.36. The first-order chi connectivity index (χ1) is 16.9. The lowest BCUT2D eigenvalue weighted by molar-refractivity contribution is 0.183. The first kappa shape index (κ1) is 36.9. The first-order valence-electron chi connectivity index (χ1n) is 16.4. The Kier molecular flexibility index (Phi) is 26.8. The van der Waals surface area contributed by atoms with Crippen LogP contribution in [-0.4, -0.2) is 0 Å². The molecule has 35 heavy (non-hydrogen) atoms. The molecule has 5 atom stereocenters. The lowest BCUT2D eigenvalue weighted by atomic mass is 9.73. The molecular weight excluding hydrogens is 420 g/mol. The van der Waals surface area contributed by atoms with E-state index in [-0.39, 0.29) is 0 Å². The average molecular weight is 493 g/mol. The van der Waals surface area contributed by atoms with Crippen molar-refractivity contribution in [1.82, 2.24) is 0 Å². The van der Waals surface area contributed by atoms with Gasteiger partial charge in [0.05, 0.1) is 0 Å². The number of hydrogen-bond donors (Lipinski definition) is 0. The van der Waals surface area contributed by atoms with Crippen LogP contribution in [-0.2, 0) is 0 Å². The molecule has 212 valence electrons. The molecule has 5 unspecified atom stereocenters. The molecule has 0 saturated heterocycles. The molecule has 0 N–H and O–H groups in total. The maximum atomic E-state index is 3.36. The SMILES string of the molecule is C1CC1.C=CC.CC.CCC1CC(C)CC1C.CCCCC(CC)CC(C)C1CCC(CC)CC1. The van der Waals surface area contributed by atoms with Crippen LogP contribution < -0.4 is 0 Å². The van der Waals surface area contributed by atoms with E-state index in [1.807, 2.05) is 20.8 Å². The van der Waals surface area contributed by atoms with Crippen LogP contribution in [0, 0.1) is 41.4 Å². The van der Waals surface area contributed by atoms with Crippen molar-refractivity contribution in [2.75, 3.05) is 0 Å². The molecule has 0 heterocycles. The minimum atomic E-state index is 0.976. The van der Waals surface area contributed by atoms with Gasteiger partial charge in [-0.2, -0.15) is 0 Å². The highest BCUT2D eigenvalue weighted by Crippen LogP contribution is 2.38. The average Bonchev–Trinajstić information content (AvgIpc) is 3.73. The van der Waals surface area contributed by atoms with Crippen molar-refractivity contribution in [2.45, 2.75) is 172 Å². The van der Waals surface area contributed by atoms with E-state index in [0.717, 1.165) is 41.4 Å². The minimum Gasteiger partial charge on any atom is -0.103 e. The Morgan fingerprint density at radius 1 is 0.857 bits per heavy atom. The summed E-state index contributed by atoms with van der Waals surface area (Å²) in [5.74, 6) is 7.13. The number of allylic oxidation sites excluding steroid dienone is 1. The Hall–Kier alpha value is -0.260. The van der Waals surface area contributed by atoms with E-state index in [0.29, 0.717) is 0 Å². The first-order valence-corrected chi connectivity index (χ1v) is 16.4. The molecule has 3 aliphatic rings. The summed E-state index contributed by atoms with van der Waals surface area (Å²) in [4.78, 5) is 0. The third kappa shape index (κ3) is 20.5. The lowest BCUT2D eigenvalue weighted by Crippen LogP contribution is -2.21. The van der Waals surface area contributed by atoms with Crippen molar-refractivity contribution in [3.63, 3.8) is 0 Å². The zero-order chi connectivity index (χ0) is 27.1. The van der Waals surface area contributed by atoms with Crippen LogP contribution in [0.3, 0.4) is 0 Å². The smallest absolute Gasteiger partial charge is 0.0388 e. The molecule has 0 spiro atoms. The van der Waals surface area contributed by atoms with Crippen molar-refractivity contribution in [1.29, 1.82) is 0 Å². The zero-order valence-corrected chi connectivity index (χ0v) is 26.6. The van der Waals surface area contributed by atoms with Crippen LogP contribution in [0.5, 0.6) is 0 Å². The Morgan fingerprint density at radius 2 is 1.40 bits per heavy atom. The van der Waals surface area contributed by atoms with Crippen LogP contribution in [0.15, 0.2) is 12.7 Å². The molecule has 0 aromatic carbocycles. The van der Waals surface area contributed by atoms with Gasteiger partial charge in [-0.25, -0.2) is 0 Å². The summed E-state index contributed by atoms with van der Waals surface area (Å²) in [6.07, 6.45) is 25.2. The predicted octanol–water partition coefficient (Wildman–Crippen LogP) is 12.9. The van der Waals surface area contributed by atoms with Crippen molar-refractivity contribution in [2.24, 2.45) is 41.4 Å². The quantitative estimate of drug-likeness (QED) is 0.281. The van der Waals surface area contributed by atoms with Gasteiger partial charge in [0.1, 0.15) is 0 Å². The van der Waals surface area contributed by atoms with Gasteiger partial charge >= 0.3 is 0 Å². The van der Waals surface area contributed by atoms with Crippen molar-refractivity contribution >= 4 is 0 Å². The monoisotopic (exact) mass is 493 g/mol. The van der Waals surface area contributed by atoms with Crippen LogP contribution in [0.1, 0.15) is 172 Å². The summed E-state index contributed by atoms with van der Waals surface area (Å²) in [5, 5.41) is 0.